The van der Waals surface area contributed by atoms with E-state index < -0.39 is 6.04 Å². The minimum Gasteiger partial charge on any atom is -0.394 e. The Morgan fingerprint density at radius 1 is 1.40 bits per heavy atom. The maximum absolute atomic E-state index is 12.1. The summed E-state index contributed by atoms with van der Waals surface area (Å²) >= 11 is 1.42. The Hall–Kier alpha value is -1.76. The number of aliphatic hydroxyl groups excluding tert-OH is 1. The van der Waals surface area contributed by atoms with Gasteiger partial charge in [0.15, 0.2) is 0 Å². The van der Waals surface area contributed by atoms with Gasteiger partial charge in [0, 0.05) is 11.8 Å². The molecule has 2 rings (SSSR count). The molecule has 106 valence electrons. The average molecular weight is 291 g/mol. The smallest absolute Gasteiger partial charge is 0.271 e. The minimum atomic E-state index is -0.427. The van der Waals surface area contributed by atoms with Crippen molar-refractivity contribution in [1.82, 2.24) is 10.3 Å². The van der Waals surface area contributed by atoms with E-state index in [1.54, 1.807) is 5.38 Å². The highest BCUT2D eigenvalue weighted by Crippen LogP contribution is 2.14. The van der Waals surface area contributed by atoms with Crippen LogP contribution in [0.4, 0.5) is 0 Å². The number of nitrogens with zero attached hydrogens (tertiary/aromatic N) is 1. The number of rotatable bonds is 6. The lowest BCUT2D eigenvalue weighted by Crippen LogP contribution is -2.31. The van der Waals surface area contributed by atoms with E-state index in [-0.39, 0.29) is 12.5 Å². The third kappa shape index (κ3) is 3.63. The van der Waals surface area contributed by atoms with Crippen molar-refractivity contribution in [3.05, 3.63) is 52.0 Å². The molecule has 0 radical (unpaired) electrons. The summed E-state index contributed by atoms with van der Waals surface area (Å²) in [5.74, 6) is -0.285. The van der Waals surface area contributed by atoms with E-state index in [0.29, 0.717) is 18.7 Å². The first-order valence-electron chi connectivity index (χ1n) is 6.35. The van der Waals surface area contributed by atoms with Gasteiger partial charge in [-0.1, -0.05) is 30.3 Å². The number of aromatic nitrogens is 1. The average Bonchev–Trinajstić information content (AvgIpc) is 2.94. The maximum atomic E-state index is 12.1. The van der Waals surface area contributed by atoms with Crippen LogP contribution in [0.25, 0.3) is 0 Å². The topological polar surface area (TPSA) is 88.2 Å². The predicted molar refractivity (Wildman–Crippen MR) is 78.6 cm³/mol. The van der Waals surface area contributed by atoms with Gasteiger partial charge < -0.3 is 16.2 Å². The monoisotopic (exact) mass is 291 g/mol. The molecule has 0 fully saturated rings. The lowest BCUT2D eigenvalue weighted by atomic mass is 10.1. The largest absolute Gasteiger partial charge is 0.394 e. The highest BCUT2D eigenvalue weighted by molar-refractivity contribution is 7.09. The standard InChI is InChI=1S/C14H17N3O2S/c15-7-6-13-16-12(9-20-13)14(19)17-11(8-18)10-4-2-1-3-5-10/h1-5,9,11,18H,6-8,15H2,(H,17,19)/t11-/m1/s1. The second kappa shape index (κ2) is 7.14. The molecule has 0 aliphatic heterocycles. The molecule has 1 aromatic heterocycles. The van der Waals surface area contributed by atoms with E-state index in [9.17, 15) is 9.90 Å². The first-order valence-corrected chi connectivity index (χ1v) is 7.23. The van der Waals surface area contributed by atoms with Crippen LogP contribution in [0, 0.1) is 0 Å². The van der Waals surface area contributed by atoms with Crippen molar-refractivity contribution in [2.45, 2.75) is 12.5 Å². The first-order chi connectivity index (χ1) is 9.74. The van der Waals surface area contributed by atoms with Gasteiger partial charge in [-0.3, -0.25) is 4.79 Å². The van der Waals surface area contributed by atoms with Crippen LogP contribution in [0.2, 0.25) is 0 Å². The number of nitrogens with one attached hydrogen (secondary N) is 1. The van der Waals surface area contributed by atoms with Crippen molar-refractivity contribution in [2.24, 2.45) is 5.73 Å². The molecule has 1 aromatic carbocycles. The number of hydrogen-bond donors (Lipinski definition) is 3. The molecule has 20 heavy (non-hydrogen) atoms. The highest BCUT2D eigenvalue weighted by Gasteiger charge is 2.16. The van der Waals surface area contributed by atoms with Crippen molar-refractivity contribution in [3.63, 3.8) is 0 Å². The lowest BCUT2D eigenvalue weighted by Gasteiger charge is -2.15. The first kappa shape index (κ1) is 14.6. The van der Waals surface area contributed by atoms with Crippen molar-refractivity contribution >= 4 is 17.2 Å². The maximum Gasteiger partial charge on any atom is 0.271 e. The summed E-state index contributed by atoms with van der Waals surface area (Å²) in [7, 11) is 0. The summed E-state index contributed by atoms with van der Waals surface area (Å²) in [5, 5.41) is 14.7. The molecule has 0 bridgehead atoms. The molecule has 1 heterocycles. The fourth-order valence-corrected chi connectivity index (χ4v) is 2.60. The molecule has 5 nitrogen and oxygen atoms in total. The summed E-state index contributed by atoms with van der Waals surface area (Å²) in [6.07, 6.45) is 0.667. The van der Waals surface area contributed by atoms with Gasteiger partial charge in [0.1, 0.15) is 5.69 Å². The molecule has 1 atom stereocenters. The fraction of sp³-hybridized carbons (Fsp3) is 0.286. The van der Waals surface area contributed by atoms with E-state index in [0.717, 1.165) is 10.6 Å². The zero-order chi connectivity index (χ0) is 14.4. The van der Waals surface area contributed by atoms with Crippen LogP contribution in [0.3, 0.4) is 0 Å². The predicted octanol–water partition coefficient (Wildman–Crippen LogP) is 1.11. The number of carbonyl (C=O) groups is 1. The Kier molecular flexibility index (Phi) is 5.23. The Morgan fingerprint density at radius 3 is 2.80 bits per heavy atom. The van der Waals surface area contributed by atoms with E-state index in [1.807, 2.05) is 30.3 Å². The number of benzene rings is 1. The molecule has 0 saturated heterocycles. The third-order valence-corrected chi connectivity index (χ3v) is 3.74. The van der Waals surface area contributed by atoms with Crippen LogP contribution < -0.4 is 11.1 Å². The fourth-order valence-electron chi connectivity index (χ4n) is 1.81. The van der Waals surface area contributed by atoms with Gasteiger partial charge in [0.2, 0.25) is 0 Å². The van der Waals surface area contributed by atoms with Crippen molar-refractivity contribution in [1.29, 1.82) is 0 Å². The van der Waals surface area contributed by atoms with E-state index in [1.165, 1.54) is 11.3 Å². The molecule has 0 spiro atoms. The van der Waals surface area contributed by atoms with Crippen molar-refractivity contribution < 1.29 is 9.90 Å². The summed E-state index contributed by atoms with van der Waals surface area (Å²) < 4.78 is 0. The van der Waals surface area contributed by atoms with Gasteiger partial charge >= 0.3 is 0 Å². The van der Waals surface area contributed by atoms with Gasteiger partial charge in [-0.15, -0.1) is 11.3 Å². The van der Waals surface area contributed by atoms with Crippen LogP contribution in [-0.2, 0) is 6.42 Å². The van der Waals surface area contributed by atoms with Crippen molar-refractivity contribution in [3.8, 4) is 0 Å². The zero-order valence-corrected chi connectivity index (χ0v) is 11.8. The quantitative estimate of drug-likeness (QED) is 0.744. The molecule has 1 amide bonds. The Morgan fingerprint density at radius 2 is 2.15 bits per heavy atom. The van der Waals surface area contributed by atoms with Gasteiger partial charge in [0.25, 0.3) is 5.91 Å². The molecule has 2 aromatic rings. The van der Waals surface area contributed by atoms with Crippen LogP contribution in [0.5, 0.6) is 0 Å². The second-order valence-corrected chi connectivity index (χ2v) is 5.23. The normalized spacial score (nSPS) is 12.1. The molecular weight excluding hydrogens is 274 g/mol. The number of nitrogens with two attached hydrogens (primary N) is 1. The molecule has 4 N–H and O–H groups in total. The van der Waals surface area contributed by atoms with Gasteiger partial charge in [-0.05, 0) is 12.1 Å². The number of thiazole rings is 1. The third-order valence-electron chi connectivity index (χ3n) is 2.83. The molecule has 0 aliphatic carbocycles. The van der Waals surface area contributed by atoms with Crippen LogP contribution in [-0.4, -0.2) is 29.1 Å². The molecule has 0 aliphatic rings. The van der Waals surface area contributed by atoms with E-state index in [2.05, 4.69) is 10.3 Å². The summed E-state index contributed by atoms with van der Waals surface area (Å²) in [4.78, 5) is 16.3. The summed E-state index contributed by atoms with van der Waals surface area (Å²) in [6, 6.07) is 8.92. The Labute approximate surface area is 121 Å². The highest BCUT2D eigenvalue weighted by atomic mass is 32.1. The molecule has 6 heteroatoms. The SMILES string of the molecule is NCCc1nc(C(=O)N[C@H](CO)c2ccccc2)cs1. The zero-order valence-electron chi connectivity index (χ0n) is 11.0. The van der Waals surface area contributed by atoms with Crippen molar-refractivity contribution in [2.75, 3.05) is 13.2 Å². The van der Waals surface area contributed by atoms with Gasteiger partial charge in [0.05, 0.1) is 17.7 Å². The van der Waals surface area contributed by atoms with Crippen LogP contribution in [0.1, 0.15) is 27.1 Å². The Bertz CT molecular complexity index is 557. The Balaban J connectivity index is 2.05. The number of hydrogen-bond acceptors (Lipinski definition) is 5. The molecule has 0 saturated carbocycles. The van der Waals surface area contributed by atoms with E-state index >= 15 is 0 Å². The summed E-state index contributed by atoms with van der Waals surface area (Å²) in [5.41, 5.74) is 6.69. The lowest BCUT2D eigenvalue weighted by molar-refractivity contribution is 0.0911. The van der Waals surface area contributed by atoms with Gasteiger partial charge in [-0.2, -0.15) is 0 Å². The summed E-state index contributed by atoms with van der Waals surface area (Å²) in [6.45, 7) is 0.355. The molecular formula is C14H17N3O2S. The van der Waals surface area contributed by atoms with Crippen LogP contribution >= 0.6 is 11.3 Å². The van der Waals surface area contributed by atoms with Gasteiger partial charge in [-0.25, -0.2) is 4.98 Å². The molecule has 0 unspecified atom stereocenters. The van der Waals surface area contributed by atoms with Crippen LogP contribution in [0.15, 0.2) is 35.7 Å². The van der Waals surface area contributed by atoms with E-state index in [4.69, 9.17) is 5.73 Å². The minimum absolute atomic E-state index is 0.157. The number of amides is 1. The number of aliphatic hydroxyl groups is 1. The second-order valence-electron chi connectivity index (χ2n) is 4.28. The number of carbonyl (C=O) groups excluding carboxylic acids is 1.